The number of ketones is 1. The minimum absolute atomic E-state index is 0.129. The average Bonchev–Trinajstić information content (AvgIpc) is 2.89. The average molecular weight is 463 g/mol. The Hall–Kier alpha value is -3.47. The van der Waals surface area contributed by atoms with Gasteiger partial charge in [-0.1, -0.05) is 43.0 Å². The normalized spacial score (nSPS) is 14.4. The summed E-state index contributed by atoms with van der Waals surface area (Å²) >= 11 is 0. The van der Waals surface area contributed by atoms with Crippen LogP contribution >= 0.6 is 0 Å². The van der Waals surface area contributed by atoms with Gasteiger partial charge in [0, 0.05) is 37.7 Å². The van der Waals surface area contributed by atoms with Gasteiger partial charge in [0.1, 0.15) is 0 Å². The third-order valence-corrected chi connectivity index (χ3v) is 5.77. The Bertz CT molecular complexity index is 1040. The lowest BCUT2D eigenvalue weighted by atomic mass is 10.0. The molecule has 1 aliphatic rings. The molecule has 1 aliphatic heterocycles. The fourth-order valence-electron chi connectivity index (χ4n) is 3.70. The Morgan fingerprint density at radius 3 is 2.18 bits per heavy atom. The number of ether oxygens (including phenoxy) is 2. The Morgan fingerprint density at radius 1 is 1.03 bits per heavy atom. The number of esters is 1. The summed E-state index contributed by atoms with van der Waals surface area (Å²) in [5.41, 5.74) is 3.27. The zero-order valence-corrected chi connectivity index (χ0v) is 19.9. The molecule has 0 bridgehead atoms. The molecular formula is C27H30N2O5. The summed E-state index contributed by atoms with van der Waals surface area (Å²) in [5, 5.41) is 0. The number of methoxy groups -OCH3 is 1. The van der Waals surface area contributed by atoms with Gasteiger partial charge < -0.3 is 14.4 Å². The molecule has 34 heavy (non-hydrogen) atoms. The molecule has 1 amide bonds. The summed E-state index contributed by atoms with van der Waals surface area (Å²) in [5.74, 6) is 4.88. The Balaban J connectivity index is 1.66. The van der Waals surface area contributed by atoms with Crippen molar-refractivity contribution in [1.82, 2.24) is 9.80 Å². The number of carbonyl (C=O) groups is 3. The van der Waals surface area contributed by atoms with Crippen LogP contribution in [0.25, 0.3) is 11.1 Å². The van der Waals surface area contributed by atoms with Crippen molar-refractivity contribution in [3.8, 4) is 23.0 Å². The number of benzene rings is 2. The molecule has 2 aromatic carbocycles. The maximum absolute atomic E-state index is 12.9. The molecule has 3 rings (SSSR count). The molecule has 0 spiro atoms. The van der Waals surface area contributed by atoms with E-state index in [0.29, 0.717) is 5.56 Å². The summed E-state index contributed by atoms with van der Waals surface area (Å²) in [7, 11) is 2.64. The predicted octanol–water partition coefficient (Wildman–Crippen LogP) is 2.63. The molecule has 0 aromatic heterocycles. The summed E-state index contributed by atoms with van der Waals surface area (Å²) in [6, 6.07) is 13.8. The summed E-state index contributed by atoms with van der Waals surface area (Å²) in [6.45, 7) is 5.74. The van der Waals surface area contributed by atoms with Crippen LogP contribution in [0.1, 0.15) is 29.3 Å². The first-order chi connectivity index (χ1) is 16.4. The van der Waals surface area contributed by atoms with Crippen molar-refractivity contribution in [3.05, 3.63) is 59.7 Å². The van der Waals surface area contributed by atoms with Gasteiger partial charge in [0.05, 0.1) is 26.9 Å². The first-order valence-electron chi connectivity index (χ1n) is 11.3. The fourth-order valence-corrected chi connectivity index (χ4v) is 3.70. The van der Waals surface area contributed by atoms with Gasteiger partial charge in [-0.3, -0.25) is 14.5 Å². The Morgan fingerprint density at radius 2 is 1.62 bits per heavy atom. The molecule has 7 nitrogen and oxygen atoms in total. The van der Waals surface area contributed by atoms with Crippen LogP contribution in [0.2, 0.25) is 0 Å². The van der Waals surface area contributed by atoms with Crippen LogP contribution in [0.3, 0.4) is 0 Å². The van der Waals surface area contributed by atoms with Crippen LogP contribution < -0.4 is 0 Å². The van der Waals surface area contributed by atoms with Gasteiger partial charge in [0.15, 0.2) is 11.8 Å². The Kier molecular flexibility index (Phi) is 8.97. The van der Waals surface area contributed by atoms with Crippen molar-refractivity contribution in [2.45, 2.75) is 19.4 Å². The fraction of sp³-hybridized carbons (Fsp3) is 0.370. The van der Waals surface area contributed by atoms with Crippen molar-refractivity contribution in [2.24, 2.45) is 0 Å². The molecular weight excluding hydrogens is 432 g/mol. The van der Waals surface area contributed by atoms with Crippen molar-refractivity contribution in [3.63, 3.8) is 0 Å². The lowest BCUT2D eigenvalue weighted by Crippen LogP contribution is -2.48. The molecule has 1 unspecified atom stereocenters. The highest BCUT2D eigenvalue weighted by atomic mass is 16.5. The number of likely N-dealkylation sites (N-methyl/N-ethyl adjacent to an activating group) is 1. The molecule has 1 fully saturated rings. The monoisotopic (exact) mass is 462 g/mol. The smallest absolute Gasteiger partial charge is 0.336 e. The first kappa shape index (κ1) is 25.2. The zero-order chi connectivity index (χ0) is 24.5. The number of nitrogens with zero attached hydrogens (tertiary/aromatic N) is 2. The second-order valence-corrected chi connectivity index (χ2v) is 8.01. The molecule has 0 saturated carbocycles. The summed E-state index contributed by atoms with van der Waals surface area (Å²) in [6.07, 6.45) is 0.129. The van der Waals surface area contributed by atoms with E-state index in [1.54, 1.807) is 19.1 Å². The van der Waals surface area contributed by atoms with Crippen LogP contribution in [0.5, 0.6) is 0 Å². The molecule has 2 aromatic rings. The number of amides is 1. The van der Waals surface area contributed by atoms with Crippen molar-refractivity contribution < 1.29 is 23.9 Å². The molecule has 0 aliphatic carbocycles. The predicted molar refractivity (Wildman–Crippen MR) is 129 cm³/mol. The molecule has 1 heterocycles. The van der Waals surface area contributed by atoms with Gasteiger partial charge in [0.2, 0.25) is 0 Å². The topological polar surface area (TPSA) is 76.2 Å². The van der Waals surface area contributed by atoms with E-state index in [1.165, 1.54) is 14.2 Å². The SMILES string of the molecule is CCC(=O)C(C(=O)OC)N(C)C(=O)c1ccc(-c2ccc(C#CCN3CCOCC3)cc2)cc1. The van der Waals surface area contributed by atoms with Crippen LogP contribution in [0, 0.1) is 11.8 Å². The molecule has 0 radical (unpaired) electrons. The van der Waals surface area contributed by atoms with Gasteiger partial charge in [-0.2, -0.15) is 0 Å². The van der Waals surface area contributed by atoms with Gasteiger partial charge in [0.25, 0.3) is 5.91 Å². The standard InChI is InChI=1S/C27H30N2O5/c1-4-24(30)25(27(32)33-3)28(2)26(31)23-13-11-22(12-14-23)21-9-7-20(8-10-21)6-5-15-29-16-18-34-19-17-29/h7-14,25H,4,15-19H2,1-3H3. The minimum atomic E-state index is -1.25. The second-order valence-electron chi connectivity index (χ2n) is 8.01. The van der Waals surface area contributed by atoms with Gasteiger partial charge in [-0.05, 0) is 35.4 Å². The number of carbonyl (C=O) groups excluding carboxylic acids is 3. The lowest BCUT2D eigenvalue weighted by Gasteiger charge is -2.24. The molecule has 1 saturated heterocycles. The van der Waals surface area contributed by atoms with E-state index in [9.17, 15) is 14.4 Å². The van der Waals surface area contributed by atoms with E-state index >= 15 is 0 Å². The van der Waals surface area contributed by atoms with E-state index in [1.807, 2.05) is 36.4 Å². The van der Waals surface area contributed by atoms with Gasteiger partial charge in [-0.25, -0.2) is 4.79 Å². The highest BCUT2D eigenvalue weighted by molar-refractivity contribution is 6.08. The van der Waals surface area contributed by atoms with Crippen LogP contribution in [-0.2, 0) is 19.1 Å². The van der Waals surface area contributed by atoms with E-state index < -0.39 is 17.9 Å². The number of Topliss-reactive ketones (excluding diaryl/α,β-unsaturated/α-hetero) is 1. The lowest BCUT2D eigenvalue weighted by molar-refractivity contribution is -0.149. The van der Waals surface area contributed by atoms with Gasteiger partial charge >= 0.3 is 5.97 Å². The first-order valence-corrected chi connectivity index (χ1v) is 11.3. The largest absolute Gasteiger partial charge is 0.467 e. The van der Waals surface area contributed by atoms with E-state index in [-0.39, 0.29) is 12.2 Å². The van der Waals surface area contributed by atoms with Crippen molar-refractivity contribution in [2.75, 3.05) is 47.0 Å². The van der Waals surface area contributed by atoms with E-state index in [4.69, 9.17) is 9.47 Å². The maximum atomic E-state index is 12.9. The molecule has 1 atom stereocenters. The maximum Gasteiger partial charge on any atom is 0.336 e. The van der Waals surface area contributed by atoms with E-state index in [2.05, 4.69) is 16.7 Å². The minimum Gasteiger partial charge on any atom is -0.467 e. The summed E-state index contributed by atoms with van der Waals surface area (Å²) < 4.78 is 10.1. The molecule has 178 valence electrons. The van der Waals surface area contributed by atoms with Crippen LogP contribution in [0.4, 0.5) is 0 Å². The summed E-state index contributed by atoms with van der Waals surface area (Å²) in [4.78, 5) is 40.5. The number of rotatable bonds is 7. The number of hydrogen-bond acceptors (Lipinski definition) is 6. The van der Waals surface area contributed by atoms with Crippen molar-refractivity contribution >= 4 is 17.7 Å². The van der Waals surface area contributed by atoms with E-state index in [0.717, 1.165) is 54.4 Å². The number of hydrogen-bond donors (Lipinski definition) is 0. The van der Waals surface area contributed by atoms with Crippen molar-refractivity contribution in [1.29, 1.82) is 0 Å². The van der Waals surface area contributed by atoms with Crippen LogP contribution in [0.15, 0.2) is 48.5 Å². The van der Waals surface area contributed by atoms with Gasteiger partial charge in [-0.15, -0.1) is 0 Å². The second kappa shape index (κ2) is 12.1. The third-order valence-electron chi connectivity index (χ3n) is 5.77. The van der Waals surface area contributed by atoms with Crippen LogP contribution in [-0.4, -0.2) is 80.5 Å². The number of morpholine rings is 1. The third kappa shape index (κ3) is 6.31. The highest BCUT2D eigenvalue weighted by Gasteiger charge is 2.33. The molecule has 0 N–H and O–H groups in total. The quantitative estimate of drug-likeness (QED) is 0.358. The highest BCUT2D eigenvalue weighted by Crippen LogP contribution is 2.21. The Labute approximate surface area is 200 Å². The zero-order valence-electron chi connectivity index (χ0n) is 19.9. The molecule has 7 heteroatoms.